The Bertz CT molecular complexity index is 1060. The molecule has 0 aliphatic carbocycles. The number of nitro groups is 1. The molecule has 9 heteroatoms. The van der Waals surface area contributed by atoms with E-state index < -0.39 is 11.0 Å². The maximum atomic E-state index is 13.2. The molecular formula is C24H28N4O5. The zero-order chi connectivity index (χ0) is 24.1. The van der Waals surface area contributed by atoms with Crippen molar-refractivity contribution in [3.63, 3.8) is 0 Å². The Balaban J connectivity index is 1.65. The Hall–Kier alpha value is -3.75. The SMILES string of the molecule is CC(=O)NC(Cc1cc(C)ccc1C)C(=O)N1CCN(C(=O)c2ccc([N+](=O)[O-])cc2)CC1. The molecule has 33 heavy (non-hydrogen) atoms. The smallest absolute Gasteiger partial charge is 0.269 e. The maximum absolute atomic E-state index is 13.2. The van der Waals surface area contributed by atoms with E-state index in [0.717, 1.165) is 16.7 Å². The average Bonchev–Trinajstić information content (AvgIpc) is 2.80. The summed E-state index contributed by atoms with van der Waals surface area (Å²) in [6.45, 7) is 6.74. The predicted molar refractivity (Wildman–Crippen MR) is 123 cm³/mol. The summed E-state index contributed by atoms with van der Waals surface area (Å²) < 4.78 is 0. The summed E-state index contributed by atoms with van der Waals surface area (Å²) in [5.74, 6) is -0.676. The minimum atomic E-state index is -0.681. The van der Waals surface area contributed by atoms with Gasteiger partial charge in [-0.05, 0) is 37.1 Å². The topological polar surface area (TPSA) is 113 Å². The van der Waals surface area contributed by atoms with Crippen LogP contribution in [0, 0.1) is 24.0 Å². The first-order valence-electron chi connectivity index (χ1n) is 10.8. The van der Waals surface area contributed by atoms with Crippen LogP contribution in [0.15, 0.2) is 42.5 Å². The Morgan fingerprint density at radius 2 is 1.61 bits per heavy atom. The van der Waals surface area contributed by atoms with Crippen LogP contribution >= 0.6 is 0 Å². The highest BCUT2D eigenvalue weighted by Crippen LogP contribution is 2.17. The molecule has 1 fully saturated rings. The van der Waals surface area contributed by atoms with E-state index in [9.17, 15) is 24.5 Å². The largest absolute Gasteiger partial charge is 0.344 e. The van der Waals surface area contributed by atoms with Crippen molar-refractivity contribution in [2.75, 3.05) is 26.2 Å². The lowest BCUT2D eigenvalue weighted by molar-refractivity contribution is -0.384. The number of non-ortho nitro benzene ring substituents is 1. The number of aryl methyl sites for hydroxylation is 2. The molecule has 0 radical (unpaired) electrons. The molecule has 1 heterocycles. The van der Waals surface area contributed by atoms with Crippen LogP contribution in [0.4, 0.5) is 5.69 Å². The number of benzene rings is 2. The molecule has 3 amide bonds. The molecule has 1 aliphatic rings. The molecule has 0 spiro atoms. The lowest BCUT2D eigenvalue weighted by Gasteiger charge is -2.36. The summed E-state index contributed by atoms with van der Waals surface area (Å²) in [7, 11) is 0. The molecule has 0 saturated carbocycles. The van der Waals surface area contributed by atoms with Crippen molar-refractivity contribution < 1.29 is 19.3 Å². The fourth-order valence-electron chi connectivity index (χ4n) is 3.94. The van der Waals surface area contributed by atoms with Gasteiger partial charge in [0.2, 0.25) is 11.8 Å². The lowest BCUT2D eigenvalue weighted by Crippen LogP contribution is -2.56. The van der Waals surface area contributed by atoms with Crippen LogP contribution in [0.1, 0.15) is 34.0 Å². The van der Waals surface area contributed by atoms with E-state index in [4.69, 9.17) is 0 Å². The highest BCUT2D eigenvalue weighted by Gasteiger charge is 2.30. The van der Waals surface area contributed by atoms with Gasteiger partial charge in [0.1, 0.15) is 6.04 Å². The van der Waals surface area contributed by atoms with Gasteiger partial charge in [0, 0.05) is 57.2 Å². The van der Waals surface area contributed by atoms with Gasteiger partial charge in [-0.2, -0.15) is 0 Å². The normalized spacial score (nSPS) is 14.5. The van der Waals surface area contributed by atoms with Crippen LogP contribution < -0.4 is 5.32 Å². The summed E-state index contributed by atoms with van der Waals surface area (Å²) in [4.78, 5) is 51.3. The first-order chi connectivity index (χ1) is 15.7. The van der Waals surface area contributed by atoms with E-state index in [-0.39, 0.29) is 23.4 Å². The summed E-state index contributed by atoms with van der Waals surface area (Å²) >= 11 is 0. The molecule has 1 atom stereocenters. The van der Waals surface area contributed by atoms with Crippen molar-refractivity contribution in [3.05, 3.63) is 74.8 Å². The van der Waals surface area contributed by atoms with E-state index in [1.165, 1.54) is 31.2 Å². The molecule has 1 unspecified atom stereocenters. The number of carbonyl (C=O) groups is 3. The number of nitro benzene ring substituents is 1. The van der Waals surface area contributed by atoms with Crippen molar-refractivity contribution in [2.24, 2.45) is 0 Å². The monoisotopic (exact) mass is 452 g/mol. The van der Waals surface area contributed by atoms with Crippen molar-refractivity contribution in [1.82, 2.24) is 15.1 Å². The van der Waals surface area contributed by atoms with Gasteiger partial charge in [-0.1, -0.05) is 23.8 Å². The van der Waals surface area contributed by atoms with Gasteiger partial charge in [0.25, 0.3) is 11.6 Å². The number of nitrogens with one attached hydrogen (secondary N) is 1. The van der Waals surface area contributed by atoms with Gasteiger partial charge in [0.15, 0.2) is 0 Å². The molecule has 3 rings (SSSR count). The molecule has 0 bridgehead atoms. The Labute approximate surface area is 192 Å². The van der Waals surface area contributed by atoms with Crippen molar-refractivity contribution >= 4 is 23.4 Å². The molecule has 0 aromatic heterocycles. The number of nitrogens with zero attached hydrogens (tertiary/aromatic N) is 3. The van der Waals surface area contributed by atoms with E-state index in [1.54, 1.807) is 9.80 Å². The van der Waals surface area contributed by atoms with Gasteiger partial charge >= 0.3 is 0 Å². The van der Waals surface area contributed by atoms with Crippen LogP contribution in [0.2, 0.25) is 0 Å². The molecule has 2 aromatic rings. The predicted octanol–water partition coefficient (Wildman–Crippen LogP) is 2.24. The Morgan fingerprint density at radius 1 is 1.00 bits per heavy atom. The molecule has 1 saturated heterocycles. The summed E-state index contributed by atoms with van der Waals surface area (Å²) in [6.07, 6.45) is 0.397. The Morgan fingerprint density at radius 3 is 2.18 bits per heavy atom. The second kappa shape index (κ2) is 10.2. The van der Waals surface area contributed by atoms with Crippen LogP contribution in [-0.4, -0.2) is 64.7 Å². The van der Waals surface area contributed by atoms with Gasteiger partial charge < -0.3 is 15.1 Å². The molecule has 1 N–H and O–H groups in total. The summed E-state index contributed by atoms with van der Waals surface area (Å²) in [5, 5.41) is 13.6. The van der Waals surface area contributed by atoms with Crippen LogP contribution in [0.25, 0.3) is 0 Å². The molecular weight excluding hydrogens is 424 g/mol. The van der Waals surface area contributed by atoms with E-state index >= 15 is 0 Å². The number of hydrogen-bond donors (Lipinski definition) is 1. The third-order valence-corrected chi connectivity index (χ3v) is 5.81. The molecule has 9 nitrogen and oxygen atoms in total. The molecule has 2 aromatic carbocycles. The average molecular weight is 453 g/mol. The van der Waals surface area contributed by atoms with Gasteiger partial charge in [0.05, 0.1) is 4.92 Å². The van der Waals surface area contributed by atoms with Crippen molar-refractivity contribution in [2.45, 2.75) is 33.2 Å². The number of hydrogen-bond acceptors (Lipinski definition) is 5. The quantitative estimate of drug-likeness (QED) is 0.534. The highest BCUT2D eigenvalue weighted by molar-refractivity contribution is 5.94. The minimum absolute atomic E-state index is 0.0742. The first-order valence-corrected chi connectivity index (χ1v) is 10.8. The van der Waals surface area contributed by atoms with Gasteiger partial charge in [-0.15, -0.1) is 0 Å². The third kappa shape index (κ3) is 5.94. The van der Waals surface area contributed by atoms with Crippen LogP contribution in [-0.2, 0) is 16.0 Å². The van der Waals surface area contributed by atoms with Gasteiger partial charge in [-0.3, -0.25) is 24.5 Å². The number of piperazine rings is 1. The Kier molecular flexibility index (Phi) is 7.42. The van der Waals surface area contributed by atoms with E-state index in [1.807, 2.05) is 32.0 Å². The second-order valence-corrected chi connectivity index (χ2v) is 8.31. The first kappa shape index (κ1) is 23.9. The lowest BCUT2D eigenvalue weighted by atomic mass is 9.98. The maximum Gasteiger partial charge on any atom is 0.269 e. The third-order valence-electron chi connectivity index (χ3n) is 5.81. The zero-order valence-corrected chi connectivity index (χ0v) is 19.0. The zero-order valence-electron chi connectivity index (χ0n) is 19.0. The summed E-state index contributed by atoms with van der Waals surface area (Å²) in [6, 6.07) is 10.8. The number of rotatable bonds is 6. The van der Waals surface area contributed by atoms with Gasteiger partial charge in [-0.25, -0.2) is 0 Å². The summed E-state index contributed by atoms with van der Waals surface area (Å²) in [5.41, 5.74) is 3.44. The second-order valence-electron chi connectivity index (χ2n) is 8.31. The van der Waals surface area contributed by atoms with E-state index in [0.29, 0.717) is 38.2 Å². The molecule has 174 valence electrons. The van der Waals surface area contributed by atoms with E-state index in [2.05, 4.69) is 5.32 Å². The fraction of sp³-hybridized carbons (Fsp3) is 0.375. The standard InChI is InChI=1S/C24H28N4O5/c1-16-4-5-17(2)20(14-16)15-22(25-18(3)29)24(31)27-12-10-26(11-13-27)23(30)19-6-8-21(9-7-19)28(32)33/h4-9,14,22H,10-13,15H2,1-3H3,(H,25,29). The number of carbonyl (C=O) groups excluding carboxylic acids is 3. The minimum Gasteiger partial charge on any atom is -0.344 e. The highest BCUT2D eigenvalue weighted by atomic mass is 16.6. The fourth-order valence-corrected chi connectivity index (χ4v) is 3.94. The number of amides is 3. The van der Waals surface area contributed by atoms with Crippen molar-refractivity contribution in [1.29, 1.82) is 0 Å². The van der Waals surface area contributed by atoms with Crippen LogP contribution in [0.3, 0.4) is 0 Å². The molecule has 1 aliphatic heterocycles. The van der Waals surface area contributed by atoms with Crippen LogP contribution in [0.5, 0.6) is 0 Å². The van der Waals surface area contributed by atoms with Crippen molar-refractivity contribution in [3.8, 4) is 0 Å².